The molecule has 3 N–H and O–H groups in total. The summed E-state index contributed by atoms with van der Waals surface area (Å²) in [5, 5.41) is 9.44. The first-order chi connectivity index (χ1) is 16.1. The number of rotatable bonds is 6. The number of aromatic nitrogens is 3. The zero-order chi connectivity index (χ0) is 23.2. The van der Waals surface area contributed by atoms with Gasteiger partial charge in [-0.05, 0) is 37.1 Å². The molecule has 0 fully saturated rings. The van der Waals surface area contributed by atoms with Crippen molar-refractivity contribution < 1.29 is 4.79 Å². The summed E-state index contributed by atoms with van der Waals surface area (Å²) in [4.78, 5) is 26.0. The molecule has 170 valence electrons. The number of allylic oxidation sites excluding steroid dienone is 4. The monoisotopic (exact) mass is 443 g/mol. The fraction of sp³-hybridized carbons (Fsp3) is 0.280. The number of amides is 1. The molecule has 4 heterocycles. The van der Waals surface area contributed by atoms with E-state index in [4.69, 9.17) is 0 Å². The molecule has 0 radical (unpaired) electrons. The van der Waals surface area contributed by atoms with Crippen molar-refractivity contribution in [1.82, 2.24) is 25.2 Å². The minimum absolute atomic E-state index is 0.0419. The van der Waals surface area contributed by atoms with Crippen molar-refractivity contribution >= 4 is 23.1 Å². The number of carbonyl (C=O) groups is 1. The Bertz CT molecular complexity index is 1150. The normalized spacial score (nSPS) is 20.0. The first-order valence-corrected chi connectivity index (χ1v) is 11.1. The molecular weight excluding hydrogens is 414 g/mol. The number of dihydropyridines is 1. The first-order valence-electron chi connectivity index (χ1n) is 11.1. The Morgan fingerprint density at radius 3 is 2.97 bits per heavy atom. The van der Waals surface area contributed by atoms with E-state index in [1.54, 1.807) is 18.6 Å². The quantitative estimate of drug-likeness (QED) is 0.597. The second kappa shape index (κ2) is 10.1. The van der Waals surface area contributed by atoms with Gasteiger partial charge in [0, 0.05) is 56.1 Å². The molecular formula is C25H29N7O. The molecule has 0 bridgehead atoms. The van der Waals surface area contributed by atoms with Crippen LogP contribution in [0.4, 0.5) is 5.82 Å². The number of amidine groups is 1. The third-order valence-electron chi connectivity index (χ3n) is 5.62. The summed E-state index contributed by atoms with van der Waals surface area (Å²) in [5.41, 5.74) is 4.18. The lowest BCUT2D eigenvalue weighted by molar-refractivity contribution is -0.120. The standard InChI is InChI=1S/C25H29N7O/c1-4-5-18(14-26-3)20-8-10-29-25-21(20)9-13-32(25)16-24(33)31-23-7-6-19(17(2)30-23)22-15-27-11-12-28-22/h4-9,11-15,17,19,26,29H,10,16H2,1-3H3,(H,30,31,33)/b5-4-,18-14+. The summed E-state index contributed by atoms with van der Waals surface area (Å²) < 4.78 is 1.93. The van der Waals surface area contributed by atoms with E-state index in [9.17, 15) is 4.79 Å². The highest BCUT2D eigenvalue weighted by atomic mass is 16.2. The summed E-state index contributed by atoms with van der Waals surface area (Å²) in [5.74, 6) is 1.42. The SMILES string of the molecule is C/C=C\C(=C/NC)C1=CCNc2c1ccn2CC(=O)NC1=NC(C)C(c2cnccn2)C=C1. The van der Waals surface area contributed by atoms with E-state index in [0.717, 1.165) is 28.2 Å². The summed E-state index contributed by atoms with van der Waals surface area (Å²) in [6.07, 6.45) is 19.1. The van der Waals surface area contributed by atoms with Gasteiger partial charge in [0.1, 0.15) is 18.2 Å². The number of carbonyl (C=O) groups excluding carboxylic acids is 1. The molecule has 1 amide bonds. The molecule has 8 heteroatoms. The Labute approximate surface area is 193 Å². The third kappa shape index (κ3) is 4.95. The van der Waals surface area contributed by atoms with Crippen molar-refractivity contribution in [3.8, 4) is 0 Å². The molecule has 2 aliphatic heterocycles. The van der Waals surface area contributed by atoms with Crippen molar-refractivity contribution in [1.29, 1.82) is 0 Å². The molecule has 2 aliphatic rings. The van der Waals surface area contributed by atoms with Crippen LogP contribution in [0.15, 0.2) is 78.0 Å². The van der Waals surface area contributed by atoms with Gasteiger partial charge in [-0.25, -0.2) is 0 Å². The maximum absolute atomic E-state index is 12.8. The van der Waals surface area contributed by atoms with E-state index in [2.05, 4.69) is 43.1 Å². The fourth-order valence-corrected chi connectivity index (χ4v) is 4.14. The predicted octanol–water partition coefficient (Wildman–Crippen LogP) is 3.02. The van der Waals surface area contributed by atoms with Crippen LogP contribution in [0.3, 0.4) is 0 Å². The highest BCUT2D eigenvalue weighted by Crippen LogP contribution is 2.34. The lowest BCUT2D eigenvalue weighted by Crippen LogP contribution is -2.35. The zero-order valence-corrected chi connectivity index (χ0v) is 19.1. The highest BCUT2D eigenvalue weighted by molar-refractivity contribution is 6.05. The molecule has 2 aromatic rings. The second-order valence-electron chi connectivity index (χ2n) is 7.91. The first kappa shape index (κ1) is 22.3. The van der Waals surface area contributed by atoms with Crippen LogP contribution >= 0.6 is 0 Å². The molecule has 0 aliphatic carbocycles. The fourth-order valence-electron chi connectivity index (χ4n) is 4.14. The maximum atomic E-state index is 12.8. The Balaban J connectivity index is 1.44. The number of hydrogen-bond acceptors (Lipinski definition) is 6. The average Bonchev–Trinajstić information content (AvgIpc) is 3.22. The lowest BCUT2D eigenvalue weighted by atomic mass is 9.95. The summed E-state index contributed by atoms with van der Waals surface area (Å²) >= 11 is 0. The summed E-state index contributed by atoms with van der Waals surface area (Å²) in [6.45, 7) is 4.90. The van der Waals surface area contributed by atoms with Crippen LogP contribution in [0.5, 0.6) is 0 Å². The molecule has 0 saturated carbocycles. The maximum Gasteiger partial charge on any atom is 0.245 e. The Kier molecular flexibility index (Phi) is 6.83. The molecule has 33 heavy (non-hydrogen) atoms. The van der Waals surface area contributed by atoms with E-state index in [1.165, 1.54) is 0 Å². The average molecular weight is 444 g/mol. The Morgan fingerprint density at radius 1 is 1.36 bits per heavy atom. The number of fused-ring (bicyclic) bond motifs is 1. The van der Waals surface area contributed by atoms with Gasteiger partial charge in [-0.15, -0.1) is 0 Å². The lowest BCUT2D eigenvalue weighted by Gasteiger charge is -2.22. The van der Waals surface area contributed by atoms with Gasteiger partial charge in [-0.1, -0.05) is 24.3 Å². The predicted molar refractivity (Wildman–Crippen MR) is 132 cm³/mol. The number of aliphatic imine (C=N–C) groups is 1. The van der Waals surface area contributed by atoms with Crippen molar-refractivity contribution in [2.45, 2.75) is 32.4 Å². The van der Waals surface area contributed by atoms with Crippen molar-refractivity contribution in [2.24, 2.45) is 4.99 Å². The van der Waals surface area contributed by atoms with Crippen LogP contribution in [0.2, 0.25) is 0 Å². The van der Waals surface area contributed by atoms with Crippen molar-refractivity contribution in [3.63, 3.8) is 0 Å². The van der Waals surface area contributed by atoms with E-state index < -0.39 is 0 Å². The van der Waals surface area contributed by atoms with Gasteiger partial charge in [0.15, 0.2) is 0 Å². The molecule has 0 saturated heterocycles. The minimum atomic E-state index is -0.126. The Morgan fingerprint density at radius 2 is 2.24 bits per heavy atom. The number of hydrogen-bond donors (Lipinski definition) is 3. The third-order valence-corrected chi connectivity index (χ3v) is 5.62. The van der Waals surface area contributed by atoms with Crippen LogP contribution in [-0.4, -0.2) is 45.9 Å². The van der Waals surface area contributed by atoms with Gasteiger partial charge < -0.3 is 20.5 Å². The molecule has 0 spiro atoms. The van der Waals surface area contributed by atoms with Gasteiger partial charge in [-0.2, -0.15) is 0 Å². The van der Waals surface area contributed by atoms with Crippen LogP contribution in [0.1, 0.15) is 31.0 Å². The highest BCUT2D eigenvalue weighted by Gasteiger charge is 2.23. The van der Waals surface area contributed by atoms with Gasteiger partial charge in [0.25, 0.3) is 0 Å². The molecule has 2 atom stereocenters. The van der Waals surface area contributed by atoms with Crippen LogP contribution in [0.25, 0.3) is 5.57 Å². The molecule has 2 unspecified atom stereocenters. The Hall–Kier alpha value is -3.94. The van der Waals surface area contributed by atoms with Crippen molar-refractivity contribution in [2.75, 3.05) is 18.9 Å². The van der Waals surface area contributed by atoms with Gasteiger partial charge in [-0.3, -0.25) is 19.8 Å². The molecule has 8 nitrogen and oxygen atoms in total. The number of nitrogens with zero attached hydrogens (tertiary/aromatic N) is 4. The van der Waals surface area contributed by atoms with E-state index in [-0.39, 0.29) is 24.4 Å². The number of anilines is 1. The smallest absolute Gasteiger partial charge is 0.245 e. The topological polar surface area (TPSA) is 96.2 Å². The largest absolute Gasteiger partial charge is 0.393 e. The van der Waals surface area contributed by atoms with E-state index in [0.29, 0.717) is 12.4 Å². The van der Waals surface area contributed by atoms with Gasteiger partial charge >= 0.3 is 0 Å². The molecule has 4 rings (SSSR count). The van der Waals surface area contributed by atoms with Crippen molar-refractivity contribution in [3.05, 3.63) is 84.3 Å². The van der Waals surface area contributed by atoms with Crippen LogP contribution in [0, 0.1) is 0 Å². The summed E-state index contributed by atoms with van der Waals surface area (Å²) in [7, 11) is 1.89. The summed E-state index contributed by atoms with van der Waals surface area (Å²) in [6, 6.07) is 2.00. The molecule has 2 aromatic heterocycles. The minimum Gasteiger partial charge on any atom is -0.393 e. The zero-order valence-electron chi connectivity index (χ0n) is 19.1. The second-order valence-corrected chi connectivity index (χ2v) is 7.91. The number of nitrogens with one attached hydrogen (secondary N) is 3. The van der Waals surface area contributed by atoms with Crippen LogP contribution in [-0.2, 0) is 11.3 Å². The van der Waals surface area contributed by atoms with E-state index in [1.807, 2.05) is 62.2 Å². The van der Waals surface area contributed by atoms with Gasteiger partial charge in [0.05, 0.1) is 11.7 Å². The van der Waals surface area contributed by atoms with E-state index >= 15 is 0 Å². The molecule has 0 aromatic carbocycles. The van der Waals surface area contributed by atoms with Gasteiger partial charge in [0.2, 0.25) is 5.91 Å². The van der Waals surface area contributed by atoms with Crippen LogP contribution < -0.4 is 16.0 Å².